The van der Waals surface area contributed by atoms with Crippen molar-refractivity contribution in [2.75, 3.05) is 0 Å². The summed E-state index contributed by atoms with van der Waals surface area (Å²) in [5, 5.41) is 9.29. The van der Waals surface area contributed by atoms with Crippen LogP contribution in [0.25, 0.3) is 0 Å². The summed E-state index contributed by atoms with van der Waals surface area (Å²) in [5.74, 6) is 0.150. The van der Waals surface area contributed by atoms with Crippen LogP contribution in [0.5, 0.6) is 5.88 Å². The molecule has 2 rings (SSSR count). The largest absolute Gasteiger partial charge is 0.471 e. The van der Waals surface area contributed by atoms with Gasteiger partial charge in [-0.3, -0.25) is 0 Å². The molecule has 106 valence electrons. The highest BCUT2D eigenvalue weighted by molar-refractivity contribution is 8.45. The van der Waals surface area contributed by atoms with Crippen LogP contribution < -0.4 is 4.74 Å². The van der Waals surface area contributed by atoms with E-state index < -0.39 is 15.1 Å². The quantitative estimate of drug-likeness (QED) is 0.867. The molecule has 1 aromatic carbocycles. The summed E-state index contributed by atoms with van der Waals surface area (Å²) in [6.07, 6.45) is 1.27. The monoisotopic (exact) mass is 301 g/mol. The van der Waals surface area contributed by atoms with Crippen LogP contribution in [0.2, 0.25) is 0 Å². The van der Waals surface area contributed by atoms with E-state index in [-0.39, 0.29) is 12.5 Å². The van der Waals surface area contributed by atoms with E-state index >= 15 is 0 Å². The van der Waals surface area contributed by atoms with Gasteiger partial charge >= 0.3 is 10.2 Å². The average molecular weight is 301 g/mol. The molecule has 4 nitrogen and oxygen atoms in total. The van der Waals surface area contributed by atoms with Crippen LogP contribution in [-0.4, -0.2) is 15.4 Å². The van der Waals surface area contributed by atoms with Crippen LogP contribution in [0.4, 0.5) is 19.4 Å². The van der Waals surface area contributed by atoms with Crippen molar-refractivity contribution in [2.45, 2.75) is 11.5 Å². The third-order valence-electron chi connectivity index (χ3n) is 2.15. The lowest BCUT2D eigenvalue weighted by molar-refractivity contribution is 0.293. The van der Waals surface area contributed by atoms with Gasteiger partial charge < -0.3 is 4.74 Å². The molecule has 1 heterocycles. The normalized spacial score (nSPS) is 15.6. The molecule has 0 amide bonds. The van der Waals surface area contributed by atoms with E-state index in [9.17, 15) is 19.4 Å². The average Bonchev–Trinajstić information content (AvgIpc) is 2.76. The first kappa shape index (κ1) is 13.6. The molecule has 0 spiro atoms. The molecule has 1 aromatic heterocycles. The molecule has 0 saturated carbocycles. The van der Waals surface area contributed by atoms with Gasteiger partial charge in [0.15, 0.2) is 0 Å². The van der Waals surface area contributed by atoms with Gasteiger partial charge in [0.1, 0.15) is 17.7 Å². The Morgan fingerprint density at radius 3 is 2.16 bits per heavy atom. The van der Waals surface area contributed by atoms with Crippen molar-refractivity contribution < 1.29 is 24.2 Å². The Morgan fingerprint density at radius 2 is 1.68 bits per heavy atom. The van der Waals surface area contributed by atoms with Crippen molar-refractivity contribution in [2.24, 2.45) is 0 Å². The van der Waals surface area contributed by atoms with E-state index in [2.05, 4.69) is 15.4 Å². The number of ether oxygens (including phenoxy) is 1. The van der Waals surface area contributed by atoms with Crippen molar-refractivity contribution >= 4 is 10.2 Å². The summed E-state index contributed by atoms with van der Waals surface area (Å²) in [5.41, 5.74) is 0.300. The third-order valence-corrected chi connectivity index (χ3v) is 3.31. The standard InChI is InChI=1S/C9H8F5N3OS/c10-19(11,12,13,14)8-3-1-7(2-4-8)6-18-9-5-15-17-16-9/h1-5H,6H2,(H,15,16,17). The number of nitrogens with zero attached hydrogens (tertiary/aromatic N) is 2. The van der Waals surface area contributed by atoms with E-state index in [1.807, 2.05) is 0 Å². The lowest BCUT2D eigenvalue weighted by atomic mass is 10.2. The molecule has 2 aromatic rings. The number of hydrogen-bond acceptors (Lipinski definition) is 3. The molecular weight excluding hydrogens is 293 g/mol. The molecule has 0 radical (unpaired) electrons. The zero-order valence-corrected chi connectivity index (χ0v) is 10.0. The topological polar surface area (TPSA) is 50.8 Å². The summed E-state index contributed by atoms with van der Waals surface area (Å²) >= 11 is 0. The Kier molecular flexibility index (Phi) is 2.57. The number of aromatic nitrogens is 3. The van der Waals surface area contributed by atoms with Crippen LogP contribution in [-0.2, 0) is 6.61 Å². The zero-order chi connectivity index (χ0) is 14.2. The molecule has 0 fully saturated rings. The second kappa shape index (κ2) is 3.59. The number of benzene rings is 1. The lowest BCUT2D eigenvalue weighted by Gasteiger charge is -2.40. The predicted molar refractivity (Wildman–Crippen MR) is 58.6 cm³/mol. The van der Waals surface area contributed by atoms with Gasteiger partial charge in [0.05, 0.1) is 0 Å². The van der Waals surface area contributed by atoms with Crippen LogP contribution >= 0.6 is 10.2 Å². The fourth-order valence-electron chi connectivity index (χ4n) is 1.26. The highest BCUT2D eigenvalue weighted by Crippen LogP contribution is 3.02. The maximum atomic E-state index is 12.4. The molecule has 0 unspecified atom stereocenters. The Bertz CT molecular complexity index is 566. The summed E-state index contributed by atoms with van der Waals surface area (Å²) in [6, 6.07) is 2.52. The first-order valence-corrected chi connectivity index (χ1v) is 6.81. The molecular formula is C9H8F5N3OS. The lowest BCUT2D eigenvalue weighted by Crippen LogP contribution is -2.06. The van der Waals surface area contributed by atoms with Crippen LogP contribution in [0, 0.1) is 0 Å². The van der Waals surface area contributed by atoms with Gasteiger partial charge in [-0.2, -0.15) is 10.3 Å². The maximum Gasteiger partial charge on any atom is 0.310 e. The van der Waals surface area contributed by atoms with Gasteiger partial charge in [0.25, 0.3) is 5.88 Å². The third kappa shape index (κ3) is 3.56. The van der Waals surface area contributed by atoms with Crippen molar-refractivity contribution in [3.63, 3.8) is 0 Å². The Morgan fingerprint density at radius 1 is 1.05 bits per heavy atom. The second-order valence-electron chi connectivity index (χ2n) is 3.71. The maximum absolute atomic E-state index is 12.4. The number of halogens is 5. The molecule has 0 aliphatic rings. The number of H-pyrrole nitrogens is 1. The molecule has 0 aliphatic heterocycles. The van der Waals surface area contributed by atoms with Gasteiger partial charge in [-0.25, -0.2) is 0 Å². The highest BCUT2D eigenvalue weighted by atomic mass is 32.5. The molecule has 19 heavy (non-hydrogen) atoms. The minimum Gasteiger partial charge on any atom is -0.471 e. The van der Waals surface area contributed by atoms with E-state index in [0.717, 1.165) is 12.1 Å². The van der Waals surface area contributed by atoms with Crippen molar-refractivity contribution in [1.82, 2.24) is 15.4 Å². The van der Waals surface area contributed by atoms with Gasteiger partial charge in [0, 0.05) is 0 Å². The van der Waals surface area contributed by atoms with Gasteiger partial charge in [-0.05, 0) is 17.7 Å². The minimum atomic E-state index is -9.60. The molecule has 0 aliphatic carbocycles. The smallest absolute Gasteiger partial charge is 0.310 e. The minimum absolute atomic E-state index is 0.104. The molecule has 0 bridgehead atoms. The zero-order valence-electron chi connectivity index (χ0n) is 9.19. The van der Waals surface area contributed by atoms with Crippen LogP contribution in [0.3, 0.4) is 0 Å². The van der Waals surface area contributed by atoms with E-state index in [4.69, 9.17) is 4.74 Å². The van der Waals surface area contributed by atoms with Crippen molar-refractivity contribution in [1.29, 1.82) is 0 Å². The van der Waals surface area contributed by atoms with Gasteiger partial charge in [-0.15, -0.1) is 5.10 Å². The van der Waals surface area contributed by atoms with Crippen molar-refractivity contribution in [3.05, 3.63) is 36.0 Å². The first-order valence-electron chi connectivity index (χ1n) is 4.86. The Hall–Kier alpha value is -1.84. The number of hydrogen-bond donors (Lipinski definition) is 1. The van der Waals surface area contributed by atoms with Crippen LogP contribution in [0.1, 0.15) is 5.56 Å². The molecule has 10 heteroatoms. The molecule has 0 saturated heterocycles. The predicted octanol–water partition coefficient (Wildman–Crippen LogP) is 4.04. The Balaban J connectivity index is 2.12. The Labute approximate surface area is 104 Å². The fourth-order valence-corrected chi connectivity index (χ4v) is 1.91. The van der Waals surface area contributed by atoms with E-state index in [0.29, 0.717) is 17.7 Å². The summed E-state index contributed by atoms with van der Waals surface area (Å²) in [7, 11) is -9.60. The summed E-state index contributed by atoms with van der Waals surface area (Å²) in [6.45, 7) is -0.104. The highest BCUT2D eigenvalue weighted by Gasteiger charge is 2.65. The number of rotatable bonds is 4. The van der Waals surface area contributed by atoms with Crippen molar-refractivity contribution in [3.8, 4) is 5.88 Å². The molecule has 0 atom stereocenters. The summed E-state index contributed by atoms with van der Waals surface area (Å²) in [4.78, 5) is -1.93. The summed E-state index contributed by atoms with van der Waals surface area (Å²) < 4.78 is 67.2. The number of aromatic amines is 1. The van der Waals surface area contributed by atoms with E-state index in [1.165, 1.54) is 6.20 Å². The SMILES string of the molecule is FS(F)(F)(F)(F)c1ccc(COc2cn[nH]n2)cc1. The number of nitrogens with one attached hydrogen (secondary N) is 1. The fraction of sp³-hybridized carbons (Fsp3) is 0.111. The molecule has 1 N–H and O–H groups in total. The van der Waals surface area contributed by atoms with Gasteiger partial charge in [-0.1, -0.05) is 31.6 Å². The van der Waals surface area contributed by atoms with E-state index in [1.54, 1.807) is 0 Å². The second-order valence-corrected chi connectivity index (χ2v) is 6.12. The van der Waals surface area contributed by atoms with Crippen LogP contribution in [0.15, 0.2) is 35.4 Å². The van der Waals surface area contributed by atoms with Gasteiger partial charge in [0.2, 0.25) is 0 Å². The first-order chi connectivity index (χ1) is 8.54.